The number of nitrogens with zero attached hydrogens (tertiary/aromatic N) is 4. The molecule has 6 nitrogen and oxygen atoms in total. The topological polar surface area (TPSA) is 72.7 Å². The first-order valence-electron chi connectivity index (χ1n) is 6.92. The molecule has 3 aromatic rings. The number of rotatable bonds is 5. The molecule has 0 spiro atoms. The predicted molar refractivity (Wildman–Crippen MR) is 82.9 cm³/mol. The molecule has 2 aromatic carbocycles. The summed E-state index contributed by atoms with van der Waals surface area (Å²) in [6.07, 6.45) is 0. The number of para-hydroxylation sites is 2. The van der Waals surface area contributed by atoms with E-state index in [0.717, 1.165) is 11.4 Å². The molecule has 0 atom stereocenters. The van der Waals surface area contributed by atoms with Crippen molar-refractivity contribution in [2.45, 2.75) is 13.5 Å². The van der Waals surface area contributed by atoms with E-state index in [1.807, 2.05) is 48.5 Å². The molecule has 6 heteroatoms. The SMILES string of the molecule is CC(=O)c1ccccc1NCc1nnnn1-c1ccccc1. The number of aromatic nitrogens is 4. The molecule has 0 bridgehead atoms. The van der Waals surface area contributed by atoms with Gasteiger partial charge in [-0.15, -0.1) is 5.10 Å². The molecule has 0 aliphatic rings. The van der Waals surface area contributed by atoms with Crippen molar-refractivity contribution in [3.63, 3.8) is 0 Å². The Morgan fingerprint density at radius 1 is 1.09 bits per heavy atom. The summed E-state index contributed by atoms with van der Waals surface area (Å²) in [5.41, 5.74) is 2.32. The summed E-state index contributed by atoms with van der Waals surface area (Å²) in [5, 5.41) is 15.0. The highest BCUT2D eigenvalue weighted by molar-refractivity contribution is 5.99. The molecule has 0 radical (unpaired) electrons. The van der Waals surface area contributed by atoms with Gasteiger partial charge in [0, 0.05) is 11.3 Å². The number of ketones is 1. The molecule has 1 aromatic heterocycles. The molecule has 0 aliphatic carbocycles. The number of Topliss-reactive ketones (excluding diaryl/α,β-unsaturated/α-hetero) is 1. The molecular formula is C16H15N5O. The number of anilines is 1. The van der Waals surface area contributed by atoms with Crippen LogP contribution in [0.25, 0.3) is 5.69 Å². The predicted octanol–water partition coefficient (Wildman–Crippen LogP) is 2.48. The van der Waals surface area contributed by atoms with Gasteiger partial charge in [-0.05, 0) is 41.6 Å². The van der Waals surface area contributed by atoms with Crippen LogP contribution in [0.2, 0.25) is 0 Å². The van der Waals surface area contributed by atoms with Crippen LogP contribution in [0.4, 0.5) is 5.69 Å². The van der Waals surface area contributed by atoms with Gasteiger partial charge in [0.05, 0.1) is 12.2 Å². The van der Waals surface area contributed by atoms with Gasteiger partial charge in [-0.3, -0.25) is 4.79 Å². The van der Waals surface area contributed by atoms with Gasteiger partial charge in [-0.1, -0.05) is 30.3 Å². The van der Waals surface area contributed by atoms with Crippen LogP contribution in [0, 0.1) is 0 Å². The Morgan fingerprint density at radius 2 is 1.82 bits per heavy atom. The minimum Gasteiger partial charge on any atom is -0.377 e. The smallest absolute Gasteiger partial charge is 0.175 e. The Morgan fingerprint density at radius 3 is 2.59 bits per heavy atom. The first-order chi connectivity index (χ1) is 10.8. The number of hydrogen-bond acceptors (Lipinski definition) is 5. The van der Waals surface area contributed by atoms with E-state index in [2.05, 4.69) is 20.8 Å². The average molecular weight is 293 g/mol. The fraction of sp³-hybridized carbons (Fsp3) is 0.125. The summed E-state index contributed by atoms with van der Waals surface area (Å²) in [4.78, 5) is 11.6. The minimum absolute atomic E-state index is 0.0192. The highest BCUT2D eigenvalue weighted by Gasteiger charge is 2.10. The summed E-state index contributed by atoms with van der Waals surface area (Å²) in [6, 6.07) is 17.1. The molecule has 1 heterocycles. The van der Waals surface area contributed by atoms with Crippen molar-refractivity contribution in [1.29, 1.82) is 0 Å². The first kappa shape index (κ1) is 13.9. The first-order valence-corrected chi connectivity index (χ1v) is 6.92. The fourth-order valence-electron chi connectivity index (χ4n) is 2.20. The molecule has 0 unspecified atom stereocenters. The van der Waals surface area contributed by atoms with Gasteiger partial charge >= 0.3 is 0 Å². The zero-order chi connectivity index (χ0) is 15.4. The molecule has 1 N–H and O–H groups in total. The largest absolute Gasteiger partial charge is 0.377 e. The van der Waals surface area contributed by atoms with Crippen molar-refractivity contribution in [3.8, 4) is 5.69 Å². The zero-order valence-electron chi connectivity index (χ0n) is 12.1. The summed E-state index contributed by atoms with van der Waals surface area (Å²) in [5.74, 6) is 0.690. The average Bonchev–Trinajstić information content (AvgIpc) is 3.02. The van der Waals surface area contributed by atoms with E-state index in [0.29, 0.717) is 17.9 Å². The third-order valence-corrected chi connectivity index (χ3v) is 3.28. The molecule has 0 saturated heterocycles. The van der Waals surface area contributed by atoms with Crippen molar-refractivity contribution >= 4 is 11.5 Å². The second-order valence-electron chi connectivity index (χ2n) is 4.80. The lowest BCUT2D eigenvalue weighted by Crippen LogP contribution is -2.10. The minimum atomic E-state index is 0.0192. The molecule has 110 valence electrons. The van der Waals surface area contributed by atoms with Crippen LogP contribution >= 0.6 is 0 Å². The number of nitrogens with one attached hydrogen (secondary N) is 1. The van der Waals surface area contributed by atoms with E-state index in [4.69, 9.17) is 0 Å². The van der Waals surface area contributed by atoms with E-state index in [1.165, 1.54) is 0 Å². The maximum atomic E-state index is 11.6. The molecule has 0 saturated carbocycles. The lowest BCUT2D eigenvalue weighted by molar-refractivity contribution is 0.101. The van der Waals surface area contributed by atoms with Gasteiger partial charge in [0.25, 0.3) is 0 Å². The zero-order valence-corrected chi connectivity index (χ0v) is 12.1. The maximum Gasteiger partial charge on any atom is 0.175 e. The second-order valence-corrected chi connectivity index (χ2v) is 4.80. The Labute approximate surface area is 127 Å². The van der Waals surface area contributed by atoms with Gasteiger partial charge in [0.2, 0.25) is 0 Å². The standard InChI is InChI=1S/C16H15N5O/c1-12(22)14-9-5-6-10-15(14)17-11-16-18-19-20-21(16)13-7-3-2-4-8-13/h2-10,17H,11H2,1H3. The van der Waals surface area contributed by atoms with Crippen LogP contribution in [0.1, 0.15) is 23.1 Å². The highest BCUT2D eigenvalue weighted by atomic mass is 16.1. The van der Waals surface area contributed by atoms with Crippen LogP contribution in [-0.4, -0.2) is 26.0 Å². The normalized spacial score (nSPS) is 10.4. The van der Waals surface area contributed by atoms with Gasteiger partial charge in [-0.25, -0.2) is 0 Å². The van der Waals surface area contributed by atoms with Crippen LogP contribution in [-0.2, 0) is 6.54 Å². The molecule has 0 fully saturated rings. The van der Waals surface area contributed by atoms with E-state index in [-0.39, 0.29) is 5.78 Å². The summed E-state index contributed by atoms with van der Waals surface area (Å²) < 4.78 is 1.67. The molecule has 22 heavy (non-hydrogen) atoms. The summed E-state index contributed by atoms with van der Waals surface area (Å²) >= 11 is 0. The van der Waals surface area contributed by atoms with Gasteiger partial charge in [-0.2, -0.15) is 4.68 Å². The van der Waals surface area contributed by atoms with Crippen molar-refractivity contribution < 1.29 is 4.79 Å². The van der Waals surface area contributed by atoms with Crippen molar-refractivity contribution in [2.75, 3.05) is 5.32 Å². The molecule has 0 aliphatic heterocycles. The Hall–Kier alpha value is -3.02. The maximum absolute atomic E-state index is 11.6. The number of hydrogen-bond donors (Lipinski definition) is 1. The lowest BCUT2D eigenvalue weighted by atomic mass is 10.1. The second kappa shape index (κ2) is 6.17. The van der Waals surface area contributed by atoms with Crippen LogP contribution in [0.3, 0.4) is 0 Å². The van der Waals surface area contributed by atoms with E-state index in [9.17, 15) is 4.79 Å². The summed E-state index contributed by atoms with van der Waals surface area (Å²) in [7, 11) is 0. The number of carbonyl (C=O) groups is 1. The molecule has 3 rings (SSSR count). The third kappa shape index (κ3) is 2.85. The highest BCUT2D eigenvalue weighted by Crippen LogP contribution is 2.16. The fourth-order valence-corrected chi connectivity index (χ4v) is 2.20. The quantitative estimate of drug-likeness (QED) is 0.732. The van der Waals surface area contributed by atoms with E-state index >= 15 is 0 Å². The van der Waals surface area contributed by atoms with E-state index in [1.54, 1.807) is 17.7 Å². The molecular weight excluding hydrogens is 278 g/mol. The van der Waals surface area contributed by atoms with Crippen molar-refractivity contribution in [3.05, 3.63) is 66.0 Å². The number of tetrazole rings is 1. The monoisotopic (exact) mass is 293 g/mol. The lowest BCUT2D eigenvalue weighted by Gasteiger charge is -2.10. The van der Waals surface area contributed by atoms with Crippen LogP contribution in [0.5, 0.6) is 0 Å². The van der Waals surface area contributed by atoms with Gasteiger partial charge in [0.1, 0.15) is 0 Å². The van der Waals surface area contributed by atoms with Crippen molar-refractivity contribution in [1.82, 2.24) is 20.2 Å². The van der Waals surface area contributed by atoms with E-state index < -0.39 is 0 Å². The van der Waals surface area contributed by atoms with Crippen LogP contribution < -0.4 is 5.32 Å². The Kier molecular flexibility index (Phi) is 3.91. The summed E-state index contributed by atoms with van der Waals surface area (Å²) in [6.45, 7) is 1.97. The Bertz CT molecular complexity index is 782. The number of carbonyl (C=O) groups excluding carboxylic acids is 1. The third-order valence-electron chi connectivity index (χ3n) is 3.28. The number of benzene rings is 2. The molecule has 0 amide bonds. The van der Waals surface area contributed by atoms with Gasteiger partial charge < -0.3 is 5.32 Å². The van der Waals surface area contributed by atoms with Crippen molar-refractivity contribution in [2.24, 2.45) is 0 Å². The Balaban J connectivity index is 1.82. The van der Waals surface area contributed by atoms with Gasteiger partial charge in [0.15, 0.2) is 11.6 Å². The van der Waals surface area contributed by atoms with Crippen LogP contribution in [0.15, 0.2) is 54.6 Å².